The predicted molar refractivity (Wildman–Crippen MR) is 65.4 cm³/mol. The summed E-state index contributed by atoms with van der Waals surface area (Å²) in [5.41, 5.74) is 0.733. The number of carbonyl (C=O) groups excluding carboxylic acids is 1. The molecule has 1 N–H and O–H groups in total. The maximum absolute atomic E-state index is 11.9. The van der Waals surface area contributed by atoms with Crippen LogP contribution < -0.4 is 4.72 Å². The van der Waals surface area contributed by atoms with Crippen LogP contribution in [0.4, 0.5) is 0 Å². The van der Waals surface area contributed by atoms with Crippen molar-refractivity contribution < 1.29 is 13.2 Å². The number of nitrogens with one attached hydrogen (secondary N) is 1. The molecule has 0 heterocycles. The van der Waals surface area contributed by atoms with Gasteiger partial charge in [0.25, 0.3) is 5.91 Å². The van der Waals surface area contributed by atoms with Gasteiger partial charge >= 0.3 is 0 Å². The standard InChI is InChI=1S/C11H16N2O3S/c1-8-6-5-7-9(11(14)13(3)4)10(8)17(15,16)12-2/h5-7,12H,1-4H3. The van der Waals surface area contributed by atoms with Gasteiger partial charge < -0.3 is 4.90 Å². The summed E-state index contributed by atoms with van der Waals surface area (Å²) >= 11 is 0. The second-order valence-electron chi connectivity index (χ2n) is 3.86. The van der Waals surface area contributed by atoms with Crippen molar-refractivity contribution in [1.29, 1.82) is 0 Å². The van der Waals surface area contributed by atoms with Gasteiger partial charge in [-0.1, -0.05) is 12.1 Å². The molecule has 0 aliphatic heterocycles. The maximum atomic E-state index is 11.9. The number of aryl methyl sites for hydroxylation is 1. The first-order valence-electron chi connectivity index (χ1n) is 5.06. The van der Waals surface area contributed by atoms with Gasteiger partial charge in [-0.15, -0.1) is 0 Å². The van der Waals surface area contributed by atoms with Crippen LogP contribution in [0.1, 0.15) is 15.9 Å². The molecule has 0 bridgehead atoms. The SMILES string of the molecule is CNS(=O)(=O)c1c(C)cccc1C(=O)N(C)C. The molecule has 0 aromatic heterocycles. The molecule has 1 aromatic carbocycles. The minimum Gasteiger partial charge on any atom is -0.345 e. The molecule has 0 aliphatic rings. The summed E-state index contributed by atoms with van der Waals surface area (Å²) in [5, 5.41) is 0. The van der Waals surface area contributed by atoms with Crippen LogP contribution in [0.25, 0.3) is 0 Å². The fourth-order valence-electron chi connectivity index (χ4n) is 1.52. The number of hydrogen-bond acceptors (Lipinski definition) is 3. The molecular formula is C11H16N2O3S. The summed E-state index contributed by atoms with van der Waals surface area (Å²) in [5.74, 6) is -0.331. The average molecular weight is 256 g/mol. The van der Waals surface area contributed by atoms with Crippen molar-refractivity contribution >= 4 is 15.9 Å². The monoisotopic (exact) mass is 256 g/mol. The summed E-state index contributed by atoms with van der Waals surface area (Å²) in [7, 11) is 0.857. The quantitative estimate of drug-likeness (QED) is 0.861. The molecule has 94 valence electrons. The molecule has 1 amide bonds. The molecule has 1 aromatic rings. The van der Waals surface area contributed by atoms with Crippen LogP contribution in [-0.2, 0) is 10.0 Å². The van der Waals surface area contributed by atoms with E-state index in [9.17, 15) is 13.2 Å². The number of rotatable bonds is 3. The Hall–Kier alpha value is -1.40. The summed E-state index contributed by atoms with van der Waals surface area (Å²) in [4.78, 5) is 13.3. The molecule has 0 unspecified atom stereocenters. The molecule has 0 spiro atoms. The van der Waals surface area contributed by atoms with Crippen LogP contribution in [0.5, 0.6) is 0 Å². The highest BCUT2D eigenvalue weighted by Gasteiger charge is 2.23. The van der Waals surface area contributed by atoms with E-state index in [1.165, 1.54) is 18.0 Å². The Kier molecular flexibility index (Phi) is 3.90. The highest BCUT2D eigenvalue weighted by atomic mass is 32.2. The van der Waals surface area contributed by atoms with Crippen molar-refractivity contribution in [3.63, 3.8) is 0 Å². The number of amides is 1. The van der Waals surface area contributed by atoms with E-state index >= 15 is 0 Å². The maximum Gasteiger partial charge on any atom is 0.254 e. The highest BCUT2D eigenvalue weighted by Crippen LogP contribution is 2.20. The van der Waals surface area contributed by atoms with Crippen molar-refractivity contribution in [2.45, 2.75) is 11.8 Å². The number of nitrogens with zero attached hydrogens (tertiary/aromatic N) is 1. The van der Waals surface area contributed by atoms with E-state index < -0.39 is 10.0 Å². The van der Waals surface area contributed by atoms with E-state index in [0.717, 1.165) is 0 Å². The molecule has 0 aliphatic carbocycles. The number of hydrogen-bond donors (Lipinski definition) is 1. The van der Waals surface area contributed by atoms with Gasteiger partial charge in [0, 0.05) is 14.1 Å². The van der Waals surface area contributed by atoms with E-state index in [2.05, 4.69) is 4.72 Å². The molecule has 0 saturated heterocycles. The van der Waals surface area contributed by atoms with Gasteiger partial charge in [0.15, 0.2) is 0 Å². The van der Waals surface area contributed by atoms with Crippen molar-refractivity contribution in [1.82, 2.24) is 9.62 Å². The molecule has 17 heavy (non-hydrogen) atoms. The minimum absolute atomic E-state index is 0.0428. The van der Waals surface area contributed by atoms with Gasteiger partial charge in [-0.2, -0.15) is 0 Å². The van der Waals surface area contributed by atoms with E-state index in [4.69, 9.17) is 0 Å². The highest BCUT2D eigenvalue weighted by molar-refractivity contribution is 7.89. The minimum atomic E-state index is -3.64. The lowest BCUT2D eigenvalue weighted by Crippen LogP contribution is -2.27. The van der Waals surface area contributed by atoms with E-state index in [0.29, 0.717) is 5.56 Å². The van der Waals surface area contributed by atoms with Crippen molar-refractivity contribution in [3.8, 4) is 0 Å². The van der Waals surface area contributed by atoms with Crippen LogP contribution >= 0.6 is 0 Å². The molecule has 0 fully saturated rings. The lowest BCUT2D eigenvalue weighted by atomic mass is 10.1. The first-order chi connectivity index (χ1) is 7.81. The van der Waals surface area contributed by atoms with Gasteiger partial charge in [0.1, 0.15) is 0 Å². The zero-order valence-electron chi connectivity index (χ0n) is 10.3. The van der Waals surface area contributed by atoms with Gasteiger partial charge in [0.2, 0.25) is 10.0 Å². The Bertz CT molecular complexity index is 536. The number of carbonyl (C=O) groups is 1. The van der Waals surface area contributed by atoms with E-state index in [1.807, 2.05) is 0 Å². The first-order valence-corrected chi connectivity index (χ1v) is 6.54. The largest absolute Gasteiger partial charge is 0.345 e. The average Bonchev–Trinajstić information content (AvgIpc) is 2.27. The number of sulfonamides is 1. The fourth-order valence-corrected chi connectivity index (χ4v) is 2.66. The van der Waals surface area contributed by atoms with Crippen molar-refractivity contribution in [3.05, 3.63) is 29.3 Å². The molecule has 0 radical (unpaired) electrons. The summed E-state index contributed by atoms with van der Waals surface area (Å²) in [6.07, 6.45) is 0. The predicted octanol–water partition coefficient (Wildman–Crippen LogP) is 0.605. The van der Waals surface area contributed by atoms with E-state index in [-0.39, 0.29) is 16.4 Å². The molecule has 6 heteroatoms. The van der Waals surface area contributed by atoms with E-state index in [1.54, 1.807) is 33.2 Å². The van der Waals surface area contributed by atoms with Gasteiger partial charge in [-0.3, -0.25) is 4.79 Å². The second-order valence-corrected chi connectivity index (χ2v) is 5.68. The van der Waals surface area contributed by atoms with Gasteiger partial charge in [-0.05, 0) is 25.6 Å². The summed E-state index contributed by atoms with van der Waals surface area (Å²) < 4.78 is 26.0. The molecular weight excluding hydrogens is 240 g/mol. The summed E-state index contributed by atoms with van der Waals surface area (Å²) in [6.45, 7) is 1.66. The number of benzene rings is 1. The Morgan fingerprint density at radius 1 is 1.29 bits per heavy atom. The summed E-state index contributed by atoms with van der Waals surface area (Å²) in [6, 6.07) is 4.84. The zero-order chi connectivity index (χ0) is 13.2. The Morgan fingerprint density at radius 2 is 1.88 bits per heavy atom. The third-order valence-corrected chi connectivity index (χ3v) is 4.00. The fraction of sp³-hybridized carbons (Fsp3) is 0.364. The van der Waals surface area contributed by atoms with Crippen LogP contribution in [0.15, 0.2) is 23.1 Å². The topological polar surface area (TPSA) is 66.5 Å². The lowest BCUT2D eigenvalue weighted by Gasteiger charge is -2.15. The van der Waals surface area contributed by atoms with Crippen LogP contribution in [-0.4, -0.2) is 40.4 Å². The normalized spacial score (nSPS) is 11.3. The Labute approximate surface area is 101 Å². The van der Waals surface area contributed by atoms with Gasteiger partial charge in [-0.25, -0.2) is 13.1 Å². The van der Waals surface area contributed by atoms with Gasteiger partial charge in [0.05, 0.1) is 10.5 Å². The van der Waals surface area contributed by atoms with Crippen molar-refractivity contribution in [2.75, 3.05) is 21.1 Å². The third-order valence-electron chi connectivity index (χ3n) is 2.39. The molecule has 0 atom stereocenters. The van der Waals surface area contributed by atoms with Crippen LogP contribution in [0.2, 0.25) is 0 Å². The smallest absolute Gasteiger partial charge is 0.254 e. The second kappa shape index (κ2) is 4.85. The molecule has 5 nitrogen and oxygen atoms in total. The van der Waals surface area contributed by atoms with Crippen molar-refractivity contribution in [2.24, 2.45) is 0 Å². The zero-order valence-corrected chi connectivity index (χ0v) is 11.1. The Balaban J connectivity index is 3.54. The van der Waals surface area contributed by atoms with Crippen LogP contribution in [0.3, 0.4) is 0 Å². The molecule has 0 saturated carbocycles. The lowest BCUT2D eigenvalue weighted by molar-refractivity contribution is 0.0823. The first kappa shape index (κ1) is 13.7. The van der Waals surface area contributed by atoms with Crippen LogP contribution in [0, 0.1) is 6.92 Å². The Morgan fingerprint density at radius 3 is 2.35 bits per heavy atom. The third kappa shape index (κ3) is 2.65. The molecule has 1 rings (SSSR count).